The molecular weight excluding hydrogens is 464 g/mol. The summed E-state index contributed by atoms with van der Waals surface area (Å²) in [5, 5.41) is 22.2. The van der Waals surface area contributed by atoms with E-state index < -0.39 is 0 Å². The molecule has 0 saturated heterocycles. The van der Waals surface area contributed by atoms with E-state index in [2.05, 4.69) is 36.7 Å². The maximum absolute atomic E-state index is 13.0. The van der Waals surface area contributed by atoms with E-state index in [0.717, 1.165) is 41.9 Å². The first-order chi connectivity index (χ1) is 17.7. The van der Waals surface area contributed by atoms with Crippen LogP contribution in [0.3, 0.4) is 0 Å². The van der Waals surface area contributed by atoms with Crippen molar-refractivity contribution in [3.63, 3.8) is 0 Å². The van der Waals surface area contributed by atoms with Crippen molar-refractivity contribution in [2.45, 2.75) is 70.4 Å². The first kappa shape index (κ1) is 26.4. The van der Waals surface area contributed by atoms with Crippen molar-refractivity contribution in [2.24, 2.45) is 7.05 Å². The summed E-state index contributed by atoms with van der Waals surface area (Å²) in [7, 11) is 2.02. The monoisotopic (exact) mass is 500 g/mol. The molecule has 2 aromatic carbocycles. The fraction of sp³-hybridized carbons (Fsp3) is 0.433. The molecule has 4 rings (SSSR count). The number of aliphatic hydroxyl groups excluding tert-OH is 1. The Morgan fingerprint density at radius 2 is 1.97 bits per heavy atom. The lowest BCUT2D eigenvalue weighted by Gasteiger charge is -2.26. The number of imidazole rings is 1. The molecule has 1 atom stereocenters. The van der Waals surface area contributed by atoms with E-state index in [1.54, 1.807) is 18.2 Å². The predicted molar refractivity (Wildman–Crippen MR) is 143 cm³/mol. The maximum atomic E-state index is 13.0. The summed E-state index contributed by atoms with van der Waals surface area (Å²) < 4.78 is 7.95. The lowest BCUT2D eigenvalue weighted by Crippen LogP contribution is -2.37. The van der Waals surface area contributed by atoms with Gasteiger partial charge in [0.25, 0.3) is 5.91 Å². The number of amides is 1. The van der Waals surface area contributed by atoms with Gasteiger partial charge in [-0.2, -0.15) is 5.26 Å². The van der Waals surface area contributed by atoms with E-state index in [1.807, 2.05) is 37.5 Å². The third-order valence-electron chi connectivity index (χ3n) is 6.80. The number of hydrogen-bond donors (Lipinski definition) is 2. The van der Waals surface area contributed by atoms with Crippen LogP contribution in [-0.2, 0) is 18.9 Å². The van der Waals surface area contributed by atoms with Gasteiger partial charge in [0.2, 0.25) is 0 Å². The number of nitrogens with zero attached hydrogens (tertiary/aromatic N) is 3. The summed E-state index contributed by atoms with van der Waals surface area (Å²) in [6, 6.07) is 15.0. The molecule has 2 N–H and O–H groups in total. The first-order valence-electron chi connectivity index (χ1n) is 12.9. The van der Waals surface area contributed by atoms with Crippen LogP contribution in [0, 0.1) is 11.3 Å². The number of ether oxygens (including phenoxy) is 1. The number of nitrogens with one attached hydrogen (secondary N) is 1. The number of rotatable bonds is 9. The predicted octanol–water partition coefficient (Wildman–Crippen LogP) is 4.91. The Labute approximate surface area is 219 Å². The maximum Gasteiger partial charge on any atom is 0.251 e. The number of benzene rings is 2. The fourth-order valence-electron chi connectivity index (χ4n) is 4.58. The Morgan fingerprint density at radius 3 is 2.54 bits per heavy atom. The zero-order valence-corrected chi connectivity index (χ0v) is 22.1. The van der Waals surface area contributed by atoms with Gasteiger partial charge in [0.15, 0.2) is 0 Å². The number of aliphatic hydroxyl groups is 1. The summed E-state index contributed by atoms with van der Waals surface area (Å²) in [4.78, 5) is 17.8. The average Bonchev–Trinajstić information content (AvgIpc) is 3.24. The van der Waals surface area contributed by atoms with E-state index in [9.17, 15) is 15.2 Å². The fourth-order valence-corrected chi connectivity index (χ4v) is 4.58. The second-order valence-electron chi connectivity index (χ2n) is 10.9. The molecule has 1 amide bonds. The molecule has 0 spiro atoms. The van der Waals surface area contributed by atoms with Crippen molar-refractivity contribution in [3.05, 3.63) is 71.2 Å². The highest BCUT2D eigenvalue weighted by molar-refractivity contribution is 5.95. The van der Waals surface area contributed by atoms with Crippen LogP contribution in [-0.4, -0.2) is 39.3 Å². The summed E-state index contributed by atoms with van der Waals surface area (Å²) >= 11 is 0. The Balaban J connectivity index is 1.43. The molecule has 194 valence electrons. The standard InChI is InChI=1S/C30H36N4O3/c1-30(2,3)29-33-26(19-34(29)4)21-10-8-20(9-11-21)16-24(14-15-35)32-28(36)22-12-13-27(23(17-22)18-31)37-25-6-5-7-25/h8-13,17,19,24-25,35H,5-7,14-16H2,1-4H3,(H,32,36). The Morgan fingerprint density at radius 1 is 1.24 bits per heavy atom. The number of hydrogen-bond acceptors (Lipinski definition) is 5. The molecule has 7 heteroatoms. The van der Waals surface area contributed by atoms with Gasteiger partial charge in [-0.05, 0) is 55.9 Å². The van der Waals surface area contributed by atoms with Gasteiger partial charge in [0, 0.05) is 42.4 Å². The van der Waals surface area contributed by atoms with Gasteiger partial charge in [0.1, 0.15) is 17.6 Å². The quantitative estimate of drug-likeness (QED) is 0.435. The first-order valence-corrected chi connectivity index (χ1v) is 12.9. The van der Waals surface area contributed by atoms with Crippen LogP contribution in [0.5, 0.6) is 5.75 Å². The molecule has 1 fully saturated rings. The second-order valence-corrected chi connectivity index (χ2v) is 10.9. The van der Waals surface area contributed by atoms with Gasteiger partial charge >= 0.3 is 0 Å². The van der Waals surface area contributed by atoms with Gasteiger partial charge in [-0.25, -0.2) is 4.98 Å². The molecule has 1 unspecified atom stereocenters. The van der Waals surface area contributed by atoms with E-state index >= 15 is 0 Å². The molecule has 1 aromatic heterocycles. The van der Waals surface area contributed by atoms with Gasteiger partial charge in [-0.3, -0.25) is 4.79 Å². The molecule has 7 nitrogen and oxygen atoms in total. The van der Waals surface area contributed by atoms with Crippen LogP contribution in [0.4, 0.5) is 0 Å². The van der Waals surface area contributed by atoms with Crippen LogP contribution >= 0.6 is 0 Å². The molecule has 0 bridgehead atoms. The SMILES string of the molecule is Cn1cc(-c2ccc(CC(CCO)NC(=O)c3ccc(OC4CCC4)c(C#N)c3)cc2)nc1C(C)(C)C. The lowest BCUT2D eigenvalue weighted by atomic mass is 9.96. The van der Waals surface area contributed by atoms with Gasteiger partial charge in [-0.1, -0.05) is 45.0 Å². The molecule has 1 aliphatic rings. The molecule has 0 aliphatic heterocycles. The van der Waals surface area contributed by atoms with Crippen LogP contribution < -0.4 is 10.1 Å². The molecular formula is C30H36N4O3. The molecule has 0 radical (unpaired) electrons. The lowest BCUT2D eigenvalue weighted by molar-refractivity contribution is 0.0930. The molecule has 37 heavy (non-hydrogen) atoms. The summed E-state index contributed by atoms with van der Waals surface area (Å²) in [6.45, 7) is 6.41. The minimum Gasteiger partial charge on any atom is -0.489 e. The minimum absolute atomic E-state index is 0.0375. The van der Waals surface area contributed by atoms with Crippen molar-refractivity contribution in [2.75, 3.05) is 6.61 Å². The third kappa shape index (κ3) is 6.39. The minimum atomic E-state index is -0.273. The van der Waals surface area contributed by atoms with Crippen molar-refractivity contribution < 1.29 is 14.6 Å². The molecule has 1 aliphatic carbocycles. The van der Waals surface area contributed by atoms with Gasteiger partial charge in [-0.15, -0.1) is 0 Å². The zero-order valence-electron chi connectivity index (χ0n) is 22.1. The smallest absolute Gasteiger partial charge is 0.251 e. The van der Waals surface area contributed by atoms with Crippen LogP contribution in [0.25, 0.3) is 11.3 Å². The van der Waals surface area contributed by atoms with Crippen LogP contribution in [0.2, 0.25) is 0 Å². The molecule has 1 heterocycles. The highest BCUT2D eigenvalue weighted by atomic mass is 16.5. The Bertz CT molecular complexity index is 1280. The largest absolute Gasteiger partial charge is 0.489 e. The Hall–Kier alpha value is -3.63. The van der Waals surface area contributed by atoms with Crippen LogP contribution in [0.15, 0.2) is 48.7 Å². The normalized spacial score (nSPS) is 14.5. The topological polar surface area (TPSA) is 100 Å². The summed E-state index contributed by atoms with van der Waals surface area (Å²) in [6.07, 6.45) is 6.34. The molecule has 3 aromatic rings. The van der Waals surface area contributed by atoms with Crippen molar-refractivity contribution in [1.29, 1.82) is 5.26 Å². The van der Waals surface area contributed by atoms with Crippen LogP contribution in [0.1, 0.15) is 73.8 Å². The van der Waals surface area contributed by atoms with Gasteiger partial charge in [0.05, 0.1) is 17.4 Å². The number of carbonyl (C=O) groups excluding carboxylic acids is 1. The highest BCUT2D eigenvalue weighted by Crippen LogP contribution is 2.28. The highest BCUT2D eigenvalue weighted by Gasteiger charge is 2.22. The van der Waals surface area contributed by atoms with E-state index in [4.69, 9.17) is 9.72 Å². The average molecular weight is 501 g/mol. The van der Waals surface area contributed by atoms with E-state index in [1.165, 1.54) is 0 Å². The third-order valence-corrected chi connectivity index (χ3v) is 6.80. The van der Waals surface area contributed by atoms with E-state index in [-0.39, 0.29) is 30.1 Å². The number of aryl methyl sites for hydroxylation is 1. The number of aromatic nitrogens is 2. The number of carbonyl (C=O) groups is 1. The van der Waals surface area contributed by atoms with Crippen molar-refractivity contribution in [3.8, 4) is 23.1 Å². The Kier molecular flexibility index (Phi) is 7.99. The zero-order chi connectivity index (χ0) is 26.6. The van der Waals surface area contributed by atoms with Crippen molar-refractivity contribution in [1.82, 2.24) is 14.9 Å². The van der Waals surface area contributed by atoms with Crippen molar-refractivity contribution >= 4 is 5.91 Å². The summed E-state index contributed by atoms with van der Waals surface area (Å²) in [5.74, 6) is 1.28. The van der Waals surface area contributed by atoms with Gasteiger partial charge < -0.3 is 19.7 Å². The summed E-state index contributed by atoms with van der Waals surface area (Å²) in [5.41, 5.74) is 3.73. The number of nitriles is 1. The second kappa shape index (κ2) is 11.2. The van der Waals surface area contributed by atoms with E-state index in [0.29, 0.717) is 29.7 Å². The molecule has 1 saturated carbocycles.